The van der Waals surface area contributed by atoms with Gasteiger partial charge < -0.3 is 10.1 Å². The maximum Gasteiger partial charge on any atom is 0.0667 e. The Kier molecular flexibility index (Phi) is 7.11. The van der Waals surface area contributed by atoms with Crippen LogP contribution in [0.3, 0.4) is 0 Å². The molecule has 0 saturated carbocycles. The minimum absolute atomic E-state index is 0.261. The van der Waals surface area contributed by atoms with Gasteiger partial charge >= 0.3 is 0 Å². The largest absolute Gasteiger partial charge is 0.380 e. The quantitative estimate of drug-likeness (QED) is 0.581. The first-order valence-electron chi connectivity index (χ1n) is 3.91. The van der Waals surface area contributed by atoms with E-state index in [0.29, 0.717) is 6.42 Å². The lowest BCUT2D eigenvalue weighted by Gasteiger charge is -2.09. The van der Waals surface area contributed by atoms with E-state index < -0.39 is 0 Å². The van der Waals surface area contributed by atoms with Gasteiger partial charge in [0.25, 0.3) is 0 Å². The molecule has 0 aliphatic heterocycles. The van der Waals surface area contributed by atoms with Crippen LogP contribution in [0.4, 0.5) is 0 Å². The molecule has 1 N–H and O–H groups in total. The smallest absolute Gasteiger partial charge is 0.0667 e. The second-order valence-electron chi connectivity index (χ2n) is 2.51. The molecule has 0 spiro atoms. The number of ether oxygens (including phenoxy) is 1. The van der Waals surface area contributed by atoms with E-state index in [2.05, 4.69) is 11.4 Å². The van der Waals surface area contributed by atoms with Gasteiger partial charge in [0.15, 0.2) is 0 Å². The summed E-state index contributed by atoms with van der Waals surface area (Å²) in [5, 5.41) is 11.4. The van der Waals surface area contributed by atoms with Crippen molar-refractivity contribution in [2.45, 2.75) is 25.9 Å². The molecule has 0 rings (SSSR count). The molecule has 0 saturated heterocycles. The third-order valence-electron chi connectivity index (χ3n) is 1.48. The highest BCUT2D eigenvalue weighted by Crippen LogP contribution is 1.86. The van der Waals surface area contributed by atoms with Crippen molar-refractivity contribution in [3.05, 3.63) is 0 Å². The summed E-state index contributed by atoms with van der Waals surface area (Å²) in [6.45, 7) is 3.78. The standard InChI is InChI=1S/C8H16N2O/c1-8(11-2)7-10-6-4-3-5-9/h8,10H,3-4,6-7H2,1-2H3. The topological polar surface area (TPSA) is 45.0 Å². The zero-order valence-corrected chi connectivity index (χ0v) is 7.26. The van der Waals surface area contributed by atoms with E-state index in [1.54, 1.807) is 7.11 Å². The summed E-state index contributed by atoms with van der Waals surface area (Å²) in [5.41, 5.74) is 0. The second-order valence-corrected chi connectivity index (χ2v) is 2.51. The Morgan fingerprint density at radius 3 is 2.91 bits per heavy atom. The molecule has 0 fully saturated rings. The van der Waals surface area contributed by atoms with Gasteiger partial charge in [0.1, 0.15) is 0 Å². The van der Waals surface area contributed by atoms with Crippen LogP contribution in [0.2, 0.25) is 0 Å². The predicted octanol–water partition coefficient (Wildman–Crippen LogP) is 0.915. The van der Waals surface area contributed by atoms with Crippen LogP contribution in [-0.2, 0) is 4.74 Å². The van der Waals surface area contributed by atoms with Crippen molar-refractivity contribution in [2.75, 3.05) is 20.2 Å². The number of nitrogens with zero attached hydrogens (tertiary/aromatic N) is 1. The van der Waals surface area contributed by atoms with Crippen molar-refractivity contribution in [3.8, 4) is 6.07 Å². The summed E-state index contributed by atoms with van der Waals surface area (Å²) < 4.78 is 5.03. The SMILES string of the molecule is COC(C)CNCCCC#N. The second kappa shape index (κ2) is 7.52. The Labute approximate surface area is 68.3 Å². The summed E-state index contributed by atoms with van der Waals surface area (Å²) in [4.78, 5) is 0. The molecule has 0 heterocycles. The lowest BCUT2D eigenvalue weighted by molar-refractivity contribution is 0.117. The normalized spacial score (nSPS) is 12.5. The Hall–Kier alpha value is -0.590. The highest BCUT2D eigenvalue weighted by atomic mass is 16.5. The molecule has 64 valence electrons. The molecule has 0 aromatic rings. The number of hydrogen-bond donors (Lipinski definition) is 1. The molecule has 1 atom stereocenters. The van der Waals surface area contributed by atoms with Crippen LogP contribution >= 0.6 is 0 Å². The lowest BCUT2D eigenvalue weighted by atomic mass is 10.3. The zero-order valence-electron chi connectivity index (χ0n) is 7.26. The van der Waals surface area contributed by atoms with E-state index in [-0.39, 0.29) is 6.10 Å². The van der Waals surface area contributed by atoms with E-state index in [9.17, 15) is 0 Å². The van der Waals surface area contributed by atoms with Gasteiger partial charge in [-0.2, -0.15) is 5.26 Å². The van der Waals surface area contributed by atoms with Crippen molar-refractivity contribution in [2.24, 2.45) is 0 Å². The molecule has 0 aromatic heterocycles. The van der Waals surface area contributed by atoms with Crippen LogP contribution in [-0.4, -0.2) is 26.3 Å². The minimum atomic E-state index is 0.261. The molecule has 1 unspecified atom stereocenters. The van der Waals surface area contributed by atoms with Gasteiger partial charge in [0, 0.05) is 20.1 Å². The molecule has 0 bridgehead atoms. The molecule has 0 aliphatic rings. The highest BCUT2D eigenvalue weighted by molar-refractivity contribution is 4.69. The number of hydrogen-bond acceptors (Lipinski definition) is 3. The number of nitrogens with one attached hydrogen (secondary N) is 1. The van der Waals surface area contributed by atoms with Crippen molar-refractivity contribution in [3.63, 3.8) is 0 Å². The van der Waals surface area contributed by atoms with Gasteiger partial charge in [0.2, 0.25) is 0 Å². The molecule has 0 radical (unpaired) electrons. The molecule has 3 nitrogen and oxygen atoms in total. The summed E-state index contributed by atoms with van der Waals surface area (Å²) in [6, 6.07) is 2.10. The predicted molar refractivity (Wildman–Crippen MR) is 44.2 cm³/mol. The fourth-order valence-corrected chi connectivity index (χ4v) is 0.681. The number of rotatable bonds is 6. The molecule has 0 amide bonds. The van der Waals surface area contributed by atoms with E-state index in [1.807, 2.05) is 6.92 Å². The maximum absolute atomic E-state index is 8.22. The van der Waals surface area contributed by atoms with Crippen molar-refractivity contribution in [1.82, 2.24) is 5.32 Å². The molecule has 11 heavy (non-hydrogen) atoms. The van der Waals surface area contributed by atoms with Gasteiger partial charge in [0.05, 0.1) is 12.2 Å². The van der Waals surface area contributed by atoms with Crippen LogP contribution < -0.4 is 5.32 Å². The average Bonchev–Trinajstić information content (AvgIpc) is 2.04. The van der Waals surface area contributed by atoms with Crippen LogP contribution in [0.25, 0.3) is 0 Å². The van der Waals surface area contributed by atoms with Crippen LogP contribution in [0.1, 0.15) is 19.8 Å². The fraction of sp³-hybridized carbons (Fsp3) is 0.875. The summed E-state index contributed by atoms with van der Waals surface area (Å²) >= 11 is 0. The molecule has 0 aromatic carbocycles. The van der Waals surface area contributed by atoms with Crippen molar-refractivity contribution in [1.29, 1.82) is 5.26 Å². The summed E-state index contributed by atoms with van der Waals surface area (Å²) in [7, 11) is 1.70. The van der Waals surface area contributed by atoms with Crippen LogP contribution in [0.15, 0.2) is 0 Å². The van der Waals surface area contributed by atoms with E-state index in [1.165, 1.54) is 0 Å². The summed E-state index contributed by atoms with van der Waals surface area (Å²) in [5.74, 6) is 0. The Morgan fingerprint density at radius 1 is 1.64 bits per heavy atom. The van der Waals surface area contributed by atoms with Crippen molar-refractivity contribution >= 4 is 0 Å². The monoisotopic (exact) mass is 156 g/mol. The Bertz CT molecular complexity index is 120. The van der Waals surface area contributed by atoms with Gasteiger partial charge in [-0.3, -0.25) is 0 Å². The third kappa shape index (κ3) is 7.31. The van der Waals surface area contributed by atoms with Gasteiger partial charge in [-0.05, 0) is 19.9 Å². The van der Waals surface area contributed by atoms with Crippen LogP contribution in [0, 0.1) is 11.3 Å². The third-order valence-corrected chi connectivity index (χ3v) is 1.48. The zero-order chi connectivity index (χ0) is 8.53. The number of unbranched alkanes of at least 4 members (excludes halogenated alkanes) is 1. The molecular formula is C8H16N2O. The number of methoxy groups -OCH3 is 1. The first kappa shape index (κ1) is 10.4. The van der Waals surface area contributed by atoms with E-state index in [0.717, 1.165) is 19.5 Å². The minimum Gasteiger partial charge on any atom is -0.380 e. The fourth-order valence-electron chi connectivity index (χ4n) is 0.681. The average molecular weight is 156 g/mol. The van der Waals surface area contributed by atoms with E-state index >= 15 is 0 Å². The van der Waals surface area contributed by atoms with Crippen molar-refractivity contribution < 1.29 is 4.74 Å². The molecule has 0 aliphatic carbocycles. The lowest BCUT2D eigenvalue weighted by Crippen LogP contribution is -2.26. The van der Waals surface area contributed by atoms with Gasteiger partial charge in [-0.1, -0.05) is 0 Å². The Balaban J connectivity index is 2.97. The van der Waals surface area contributed by atoms with Crippen LogP contribution in [0.5, 0.6) is 0 Å². The van der Waals surface area contributed by atoms with Gasteiger partial charge in [-0.25, -0.2) is 0 Å². The number of nitriles is 1. The molecular weight excluding hydrogens is 140 g/mol. The first-order valence-corrected chi connectivity index (χ1v) is 3.91. The maximum atomic E-state index is 8.22. The highest BCUT2D eigenvalue weighted by Gasteiger charge is 1.96. The van der Waals surface area contributed by atoms with Gasteiger partial charge in [-0.15, -0.1) is 0 Å². The summed E-state index contributed by atoms with van der Waals surface area (Å²) in [6.07, 6.45) is 1.82. The molecule has 3 heteroatoms. The Morgan fingerprint density at radius 2 is 2.36 bits per heavy atom. The first-order chi connectivity index (χ1) is 5.31. The van der Waals surface area contributed by atoms with E-state index in [4.69, 9.17) is 10.00 Å².